The molecule has 0 aliphatic rings. The smallest absolute Gasteiger partial charge is 0.320 e. The van der Waals surface area contributed by atoms with E-state index < -0.39 is 5.60 Å². The number of carbonyl (C=O) groups is 1. The number of hydrogen-bond acceptors (Lipinski definition) is 3. The molecule has 0 bridgehead atoms. The van der Waals surface area contributed by atoms with Gasteiger partial charge in [0.25, 0.3) is 0 Å². The summed E-state index contributed by atoms with van der Waals surface area (Å²) < 4.78 is 5.20. The van der Waals surface area contributed by atoms with Gasteiger partial charge in [-0.05, 0) is 33.1 Å². The van der Waals surface area contributed by atoms with Crippen LogP contribution in [0.15, 0.2) is 12.7 Å². The van der Waals surface area contributed by atoms with Gasteiger partial charge in [0.15, 0.2) is 0 Å². The topological polar surface area (TPSA) is 38.3 Å². The summed E-state index contributed by atoms with van der Waals surface area (Å²) in [6.45, 7) is 13.9. The Morgan fingerprint density at radius 1 is 1.44 bits per heavy atom. The maximum absolute atomic E-state index is 11.4. The minimum Gasteiger partial charge on any atom is -0.459 e. The zero-order valence-corrected chi connectivity index (χ0v) is 11.2. The van der Waals surface area contributed by atoms with Crippen LogP contribution in [0.2, 0.25) is 0 Å². The Morgan fingerprint density at radius 3 is 2.38 bits per heavy atom. The number of rotatable bonds is 6. The predicted octanol–water partition coefficient (Wildman–Crippen LogP) is 2.52. The molecule has 0 rings (SSSR count). The Kier molecular flexibility index (Phi) is 6.34. The van der Waals surface area contributed by atoms with Crippen molar-refractivity contribution < 1.29 is 9.53 Å². The summed E-state index contributed by atoms with van der Waals surface area (Å²) >= 11 is 0. The molecule has 0 spiro atoms. The van der Waals surface area contributed by atoms with Crippen LogP contribution >= 0.6 is 0 Å². The summed E-state index contributed by atoms with van der Waals surface area (Å²) in [6.07, 6.45) is 2.82. The molecular weight excluding hydrogens is 202 g/mol. The lowest BCUT2D eigenvalue weighted by atomic mass is 10.0. The molecule has 0 saturated heterocycles. The molecule has 0 aromatic heterocycles. The number of nitrogens with one attached hydrogen (secondary N) is 1. The van der Waals surface area contributed by atoms with Crippen LogP contribution in [-0.2, 0) is 9.53 Å². The highest BCUT2D eigenvalue weighted by Crippen LogP contribution is 2.07. The molecule has 3 nitrogen and oxygen atoms in total. The van der Waals surface area contributed by atoms with E-state index in [0.717, 1.165) is 6.42 Å². The molecule has 0 aliphatic carbocycles. The highest BCUT2D eigenvalue weighted by Gasteiger charge is 2.16. The number of esters is 1. The van der Waals surface area contributed by atoms with Crippen molar-refractivity contribution in [1.29, 1.82) is 0 Å². The van der Waals surface area contributed by atoms with Crippen molar-refractivity contribution >= 4 is 5.97 Å². The molecule has 0 radical (unpaired) electrons. The van der Waals surface area contributed by atoms with Crippen LogP contribution in [0.3, 0.4) is 0 Å². The molecule has 3 heteroatoms. The molecule has 0 saturated carbocycles. The minimum atomic E-state index is -0.416. The lowest BCUT2D eigenvalue weighted by Gasteiger charge is -2.21. The quantitative estimate of drug-likeness (QED) is 0.560. The fourth-order valence-electron chi connectivity index (χ4n) is 1.36. The summed E-state index contributed by atoms with van der Waals surface area (Å²) in [7, 11) is 0. The van der Waals surface area contributed by atoms with Crippen molar-refractivity contribution in [1.82, 2.24) is 5.32 Å². The summed E-state index contributed by atoms with van der Waals surface area (Å²) in [5, 5.41) is 3.13. The SMILES string of the molecule is C=C[C@@H](CC(C)C)NCC(=O)OC(C)(C)C. The average Bonchev–Trinajstić information content (AvgIpc) is 2.08. The average molecular weight is 227 g/mol. The van der Waals surface area contributed by atoms with Gasteiger partial charge >= 0.3 is 5.97 Å². The zero-order chi connectivity index (χ0) is 12.8. The number of ether oxygens (including phenoxy) is 1. The Balaban J connectivity index is 3.93. The molecule has 16 heavy (non-hydrogen) atoms. The largest absolute Gasteiger partial charge is 0.459 e. The van der Waals surface area contributed by atoms with Gasteiger partial charge in [-0.1, -0.05) is 19.9 Å². The molecule has 1 N–H and O–H groups in total. The molecule has 0 fully saturated rings. The monoisotopic (exact) mass is 227 g/mol. The summed E-state index contributed by atoms with van der Waals surface area (Å²) in [5.41, 5.74) is -0.416. The van der Waals surface area contributed by atoms with E-state index in [1.165, 1.54) is 0 Å². The van der Waals surface area contributed by atoms with Crippen molar-refractivity contribution in [3.8, 4) is 0 Å². The van der Waals surface area contributed by atoms with E-state index in [9.17, 15) is 4.79 Å². The first-order valence-electron chi connectivity index (χ1n) is 5.82. The lowest BCUT2D eigenvalue weighted by Crippen LogP contribution is -2.36. The summed E-state index contributed by atoms with van der Waals surface area (Å²) in [6, 6.07) is 0.174. The number of hydrogen-bond donors (Lipinski definition) is 1. The van der Waals surface area contributed by atoms with Crippen molar-refractivity contribution in [2.45, 2.75) is 52.7 Å². The van der Waals surface area contributed by atoms with Crippen molar-refractivity contribution in [2.24, 2.45) is 5.92 Å². The van der Waals surface area contributed by atoms with Crippen LogP contribution in [0.5, 0.6) is 0 Å². The fraction of sp³-hybridized carbons (Fsp3) is 0.769. The van der Waals surface area contributed by atoms with Gasteiger partial charge in [0.05, 0.1) is 6.54 Å². The van der Waals surface area contributed by atoms with E-state index >= 15 is 0 Å². The normalized spacial score (nSPS) is 13.6. The van der Waals surface area contributed by atoms with Crippen LogP contribution in [0.1, 0.15) is 41.0 Å². The van der Waals surface area contributed by atoms with Gasteiger partial charge in [-0.25, -0.2) is 0 Å². The van der Waals surface area contributed by atoms with E-state index in [1.54, 1.807) is 0 Å². The van der Waals surface area contributed by atoms with Gasteiger partial charge < -0.3 is 10.1 Å². The molecule has 0 heterocycles. The first kappa shape index (κ1) is 15.2. The molecule has 0 aromatic carbocycles. The maximum atomic E-state index is 11.4. The van der Waals surface area contributed by atoms with Gasteiger partial charge in [-0.2, -0.15) is 0 Å². The van der Waals surface area contributed by atoms with Gasteiger partial charge in [0.1, 0.15) is 5.60 Å². The van der Waals surface area contributed by atoms with Gasteiger partial charge in [-0.15, -0.1) is 6.58 Å². The van der Waals surface area contributed by atoms with Crippen molar-refractivity contribution in [3.63, 3.8) is 0 Å². The molecular formula is C13H25NO2. The van der Waals surface area contributed by atoms with E-state index in [-0.39, 0.29) is 18.6 Å². The summed E-state index contributed by atoms with van der Waals surface area (Å²) in [5.74, 6) is 0.359. The fourth-order valence-corrected chi connectivity index (χ4v) is 1.36. The standard InChI is InChI=1S/C13H25NO2/c1-7-11(8-10(2)3)14-9-12(15)16-13(4,5)6/h7,10-11,14H,1,8-9H2,2-6H3/t11-/m0/s1. The summed E-state index contributed by atoms with van der Waals surface area (Å²) in [4.78, 5) is 11.4. The van der Waals surface area contributed by atoms with Crippen molar-refractivity contribution in [2.75, 3.05) is 6.54 Å². The van der Waals surface area contributed by atoms with Crippen LogP contribution in [0.25, 0.3) is 0 Å². The van der Waals surface area contributed by atoms with Crippen LogP contribution in [0, 0.1) is 5.92 Å². The Bertz CT molecular complexity index is 229. The van der Waals surface area contributed by atoms with Gasteiger partial charge in [0.2, 0.25) is 0 Å². The molecule has 0 unspecified atom stereocenters. The maximum Gasteiger partial charge on any atom is 0.320 e. The second kappa shape index (κ2) is 6.69. The van der Waals surface area contributed by atoms with E-state index in [1.807, 2.05) is 26.8 Å². The third kappa shape index (κ3) is 8.48. The molecule has 1 atom stereocenters. The van der Waals surface area contributed by atoms with Crippen molar-refractivity contribution in [3.05, 3.63) is 12.7 Å². The van der Waals surface area contributed by atoms with Gasteiger partial charge in [-0.3, -0.25) is 4.79 Å². The van der Waals surface area contributed by atoms with E-state index in [4.69, 9.17) is 4.74 Å². The zero-order valence-electron chi connectivity index (χ0n) is 11.2. The lowest BCUT2D eigenvalue weighted by molar-refractivity contribution is -0.153. The highest BCUT2D eigenvalue weighted by atomic mass is 16.6. The van der Waals surface area contributed by atoms with Crippen LogP contribution in [-0.4, -0.2) is 24.2 Å². The molecule has 0 amide bonds. The minimum absolute atomic E-state index is 0.174. The molecule has 94 valence electrons. The Morgan fingerprint density at radius 2 is 2.00 bits per heavy atom. The first-order valence-corrected chi connectivity index (χ1v) is 5.82. The third-order valence-corrected chi connectivity index (χ3v) is 1.94. The Hall–Kier alpha value is -0.830. The highest BCUT2D eigenvalue weighted by molar-refractivity contribution is 5.72. The molecule has 0 aromatic rings. The second-order valence-corrected chi connectivity index (χ2v) is 5.44. The van der Waals surface area contributed by atoms with E-state index in [2.05, 4.69) is 25.7 Å². The van der Waals surface area contributed by atoms with E-state index in [0.29, 0.717) is 5.92 Å². The van der Waals surface area contributed by atoms with Gasteiger partial charge in [0, 0.05) is 6.04 Å². The molecule has 0 aliphatic heterocycles. The third-order valence-electron chi connectivity index (χ3n) is 1.94. The van der Waals surface area contributed by atoms with Crippen LogP contribution < -0.4 is 5.32 Å². The Labute approximate surface area is 99.3 Å². The predicted molar refractivity (Wildman–Crippen MR) is 67.3 cm³/mol. The van der Waals surface area contributed by atoms with Crippen LogP contribution in [0.4, 0.5) is 0 Å². The second-order valence-electron chi connectivity index (χ2n) is 5.44. The first-order chi connectivity index (χ1) is 7.24. The number of carbonyl (C=O) groups excluding carboxylic acids is 1.